The summed E-state index contributed by atoms with van der Waals surface area (Å²) in [5.41, 5.74) is 0.0760. The van der Waals surface area contributed by atoms with E-state index in [4.69, 9.17) is 0 Å². The Morgan fingerprint density at radius 1 is 1.13 bits per heavy atom. The molecule has 0 spiro atoms. The molecule has 0 unspecified atom stereocenters. The fourth-order valence-corrected chi connectivity index (χ4v) is 1.25. The lowest BCUT2D eigenvalue weighted by Crippen LogP contribution is -2.06. The monoisotopic (exact) mass is 235 g/mol. The highest BCUT2D eigenvalue weighted by Gasteiger charge is 2.29. The van der Waals surface area contributed by atoms with E-state index >= 15 is 0 Å². The Hall–Kier alpha value is -0.840. The summed E-state index contributed by atoms with van der Waals surface area (Å²) in [6, 6.07) is 5.01. The zero-order valence-electron chi connectivity index (χ0n) is 8.01. The Morgan fingerprint density at radius 3 is 2.20 bits per heavy atom. The van der Waals surface area contributed by atoms with Crippen molar-refractivity contribution >= 4 is 18.3 Å². The first-order valence-corrected chi connectivity index (χ1v) is 5.19. The second kappa shape index (κ2) is 5.30. The Balaban J connectivity index is 2.57. The van der Waals surface area contributed by atoms with Crippen LogP contribution in [0.5, 0.6) is 0 Å². The molecule has 0 aromatic heterocycles. The molecular formula is C10H12F3NS. The van der Waals surface area contributed by atoms with Crippen LogP contribution in [0.3, 0.4) is 0 Å². The molecule has 1 N–H and O–H groups in total. The fourth-order valence-electron chi connectivity index (χ4n) is 1.09. The Kier molecular flexibility index (Phi) is 4.32. The minimum Gasteiger partial charge on any atom is -0.385 e. The van der Waals surface area contributed by atoms with Gasteiger partial charge in [0.1, 0.15) is 0 Å². The minimum atomic E-state index is -4.26. The maximum atomic E-state index is 12.2. The number of thiol groups is 1. The van der Waals surface area contributed by atoms with Crippen LogP contribution in [0.2, 0.25) is 0 Å². The molecule has 1 nitrogen and oxygen atoms in total. The van der Waals surface area contributed by atoms with Crippen molar-refractivity contribution < 1.29 is 13.2 Å². The lowest BCUT2D eigenvalue weighted by atomic mass is 10.2. The molecule has 0 atom stereocenters. The largest absolute Gasteiger partial charge is 0.416 e. The van der Waals surface area contributed by atoms with Gasteiger partial charge in [0.05, 0.1) is 5.56 Å². The molecule has 0 amide bonds. The maximum Gasteiger partial charge on any atom is 0.416 e. The van der Waals surface area contributed by atoms with Crippen molar-refractivity contribution in [3.8, 4) is 0 Å². The first-order chi connectivity index (χ1) is 7.04. The highest BCUT2D eigenvalue weighted by Crippen LogP contribution is 2.29. The Labute approximate surface area is 92.1 Å². The van der Waals surface area contributed by atoms with Gasteiger partial charge in [0.25, 0.3) is 0 Å². The number of rotatable bonds is 4. The first-order valence-electron chi connectivity index (χ1n) is 4.56. The molecule has 0 aliphatic heterocycles. The molecule has 0 fully saturated rings. The van der Waals surface area contributed by atoms with Crippen molar-refractivity contribution in [2.45, 2.75) is 12.6 Å². The second-order valence-corrected chi connectivity index (χ2v) is 3.53. The van der Waals surface area contributed by atoms with Crippen LogP contribution in [-0.2, 0) is 6.18 Å². The van der Waals surface area contributed by atoms with Crippen LogP contribution in [0.25, 0.3) is 0 Å². The number of nitrogens with one attached hydrogen (secondary N) is 1. The van der Waals surface area contributed by atoms with Gasteiger partial charge in [-0.05, 0) is 36.4 Å². The summed E-state index contributed by atoms with van der Waals surface area (Å²) in [6.45, 7) is 0.717. The van der Waals surface area contributed by atoms with Crippen LogP contribution in [0, 0.1) is 0 Å². The molecule has 15 heavy (non-hydrogen) atoms. The summed E-state index contributed by atoms with van der Waals surface area (Å²) in [5, 5.41) is 3.01. The lowest BCUT2D eigenvalue weighted by molar-refractivity contribution is -0.137. The van der Waals surface area contributed by atoms with Crippen molar-refractivity contribution in [3.05, 3.63) is 29.8 Å². The predicted octanol–water partition coefficient (Wildman–Crippen LogP) is 3.44. The van der Waals surface area contributed by atoms with Gasteiger partial charge in [0.2, 0.25) is 0 Å². The van der Waals surface area contributed by atoms with Gasteiger partial charge in [-0.2, -0.15) is 25.8 Å². The van der Waals surface area contributed by atoms with Crippen molar-refractivity contribution in [3.63, 3.8) is 0 Å². The van der Waals surface area contributed by atoms with Gasteiger partial charge < -0.3 is 5.32 Å². The van der Waals surface area contributed by atoms with Gasteiger partial charge in [-0.3, -0.25) is 0 Å². The smallest absolute Gasteiger partial charge is 0.385 e. The molecule has 0 saturated carbocycles. The number of hydrogen-bond donors (Lipinski definition) is 2. The number of hydrogen-bond acceptors (Lipinski definition) is 2. The van der Waals surface area contributed by atoms with E-state index in [0.717, 1.165) is 30.9 Å². The van der Waals surface area contributed by atoms with Gasteiger partial charge in [0, 0.05) is 12.2 Å². The number of alkyl halides is 3. The van der Waals surface area contributed by atoms with Gasteiger partial charge in [0.15, 0.2) is 0 Å². The van der Waals surface area contributed by atoms with Crippen LogP contribution in [0.1, 0.15) is 12.0 Å². The molecule has 0 heterocycles. The summed E-state index contributed by atoms with van der Waals surface area (Å²) in [4.78, 5) is 0. The summed E-state index contributed by atoms with van der Waals surface area (Å²) in [6.07, 6.45) is -3.38. The van der Waals surface area contributed by atoms with Crippen LogP contribution in [0.4, 0.5) is 18.9 Å². The number of halogens is 3. The van der Waals surface area contributed by atoms with Crippen molar-refractivity contribution in [1.82, 2.24) is 0 Å². The van der Waals surface area contributed by atoms with E-state index in [2.05, 4.69) is 17.9 Å². The van der Waals surface area contributed by atoms with E-state index in [9.17, 15) is 13.2 Å². The number of anilines is 1. The summed E-state index contributed by atoms with van der Waals surface area (Å²) >= 11 is 4.03. The third kappa shape index (κ3) is 4.03. The molecule has 0 saturated heterocycles. The third-order valence-corrected chi connectivity index (χ3v) is 2.19. The fraction of sp³-hybridized carbons (Fsp3) is 0.400. The third-order valence-electron chi connectivity index (χ3n) is 1.88. The average molecular weight is 235 g/mol. The van der Waals surface area contributed by atoms with E-state index in [-0.39, 0.29) is 0 Å². The highest BCUT2D eigenvalue weighted by molar-refractivity contribution is 7.80. The number of benzene rings is 1. The molecule has 0 aliphatic carbocycles. The quantitative estimate of drug-likeness (QED) is 0.601. The van der Waals surface area contributed by atoms with Gasteiger partial charge in [-0.15, -0.1) is 0 Å². The average Bonchev–Trinajstić information content (AvgIpc) is 2.18. The molecule has 1 rings (SSSR count). The summed E-state index contributed by atoms with van der Waals surface area (Å²) in [5.74, 6) is 0.758. The van der Waals surface area contributed by atoms with Crippen molar-refractivity contribution in [2.75, 3.05) is 17.6 Å². The van der Waals surface area contributed by atoms with Crippen LogP contribution in [-0.4, -0.2) is 12.3 Å². The van der Waals surface area contributed by atoms with E-state index < -0.39 is 11.7 Å². The molecular weight excluding hydrogens is 223 g/mol. The van der Waals surface area contributed by atoms with Crippen molar-refractivity contribution in [1.29, 1.82) is 0 Å². The van der Waals surface area contributed by atoms with Crippen molar-refractivity contribution in [2.24, 2.45) is 0 Å². The van der Waals surface area contributed by atoms with Crippen LogP contribution in [0.15, 0.2) is 24.3 Å². The SMILES string of the molecule is FC(F)(F)c1ccc(NCCCS)cc1. The van der Waals surface area contributed by atoms with Gasteiger partial charge >= 0.3 is 6.18 Å². The molecule has 0 radical (unpaired) electrons. The zero-order chi connectivity index (χ0) is 11.3. The summed E-state index contributed by atoms with van der Waals surface area (Å²) in [7, 11) is 0. The molecule has 1 aromatic rings. The van der Waals surface area contributed by atoms with Gasteiger partial charge in [-0.25, -0.2) is 0 Å². The Bertz CT molecular complexity index is 295. The maximum absolute atomic E-state index is 12.2. The molecule has 5 heteroatoms. The topological polar surface area (TPSA) is 12.0 Å². The standard InChI is InChI=1S/C10H12F3NS/c11-10(12,13)8-2-4-9(5-3-8)14-6-1-7-15/h2-5,14-15H,1,6-7H2. The Morgan fingerprint density at radius 2 is 1.73 bits per heavy atom. The van der Waals surface area contributed by atoms with Crippen LogP contribution < -0.4 is 5.32 Å². The normalized spacial score (nSPS) is 11.5. The summed E-state index contributed by atoms with van der Waals surface area (Å²) < 4.78 is 36.6. The zero-order valence-corrected chi connectivity index (χ0v) is 8.91. The van der Waals surface area contributed by atoms with E-state index in [1.54, 1.807) is 0 Å². The van der Waals surface area contributed by atoms with E-state index in [1.165, 1.54) is 12.1 Å². The lowest BCUT2D eigenvalue weighted by Gasteiger charge is -2.08. The first kappa shape index (κ1) is 12.2. The van der Waals surface area contributed by atoms with Crippen LogP contribution >= 0.6 is 12.6 Å². The molecule has 0 bridgehead atoms. The van der Waals surface area contributed by atoms with Gasteiger partial charge in [-0.1, -0.05) is 0 Å². The highest BCUT2D eigenvalue weighted by atomic mass is 32.1. The second-order valence-electron chi connectivity index (χ2n) is 3.08. The predicted molar refractivity (Wildman–Crippen MR) is 58.4 cm³/mol. The minimum absolute atomic E-state index is 0.623. The molecule has 0 aliphatic rings. The van der Waals surface area contributed by atoms with E-state index in [1.807, 2.05) is 0 Å². The van der Waals surface area contributed by atoms with E-state index in [0.29, 0.717) is 5.69 Å². The molecule has 84 valence electrons. The molecule has 1 aromatic carbocycles.